The maximum atomic E-state index is 12.5. The van der Waals surface area contributed by atoms with Crippen molar-refractivity contribution in [1.82, 2.24) is 0 Å². The molecule has 0 radical (unpaired) electrons. The van der Waals surface area contributed by atoms with Gasteiger partial charge in [-0.25, -0.2) is 0 Å². The lowest BCUT2D eigenvalue weighted by atomic mass is 10.1. The fourth-order valence-electron chi connectivity index (χ4n) is 2.82. The minimum absolute atomic E-state index is 0.0370. The first-order valence-electron chi connectivity index (χ1n) is 8.02. The lowest BCUT2D eigenvalue weighted by molar-refractivity contribution is -0.384. The highest BCUT2D eigenvalue weighted by molar-refractivity contribution is 5.96. The Kier molecular flexibility index (Phi) is 4.83. The van der Waals surface area contributed by atoms with Crippen molar-refractivity contribution in [2.24, 2.45) is 0 Å². The second-order valence-corrected chi connectivity index (χ2v) is 5.53. The lowest BCUT2D eigenvalue weighted by Crippen LogP contribution is -2.33. The molecule has 7 heteroatoms. The summed E-state index contributed by atoms with van der Waals surface area (Å²) in [6.07, 6.45) is 0.596. The summed E-state index contributed by atoms with van der Waals surface area (Å²) in [5, 5.41) is 10.9. The lowest BCUT2D eigenvalue weighted by Gasteiger charge is -2.18. The molecular weight excluding hydrogens is 324 g/mol. The van der Waals surface area contributed by atoms with E-state index in [0.717, 1.165) is 5.56 Å². The third-order valence-corrected chi connectivity index (χ3v) is 3.97. The molecule has 0 saturated heterocycles. The Morgan fingerprint density at radius 3 is 2.60 bits per heavy atom. The van der Waals surface area contributed by atoms with Crippen molar-refractivity contribution >= 4 is 17.3 Å². The Balaban J connectivity index is 1.69. The first-order valence-corrected chi connectivity index (χ1v) is 8.02. The van der Waals surface area contributed by atoms with Gasteiger partial charge in [-0.15, -0.1) is 0 Å². The van der Waals surface area contributed by atoms with Gasteiger partial charge in [-0.3, -0.25) is 14.9 Å². The van der Waals surface area contributed by atoms with Gasteiger partial charge >= 0.3 is 0 Å². The molecule has 0 fully saturated rings. The molecule has 0 atom stereocenters. The minimum Gasteiger partial charge on any atom is -0.490 e. The standard InChI is InChI=1S/C18H18N2O5/c1-2-24-16-5-3-4-6-17(16)25-12-18(21)19-10-9-13-11-14(20(22)23)7-8-15(13)19/h3-8,11H,2,9-10,12H2,1H3. The smallest absolute Gasteiger partial charge is 0.269 e. The number of ether oxygens (including phenoxy) is 2. The maximum Gasteiger partial charge on any atom is 0.269 e. The Hall–Kier alpha value is -3.09. The highest BCUT2D eigenvalue weighted by Gasteiger charge is 2.26. The van der Waals surface area contributed by atoms with E-state index in [1.807, 2.05) is 19.1 Å². The molecule has 0 N–H and O–H groups in total. The van der Waals surface area contributed by atoms with Crippen LogP contribution in [0.3, 0.4) is 0 Å². The van der Waals surface area contributed by atoms with E-state index in [1.54, 1.807) is 23.1 Å². The number of hydrogen-bond donors (Lipinski definition) is 0. The first-order chi connectivity index (χ1) is 12.1. The largest absolute Gasteiger partial charge is 0.490 e. The van der Waals surface area contributed by atoms with Crippen LogP contribution in [0.4, 0.5) is 11.4 Å². The van der Waals surface area contributed by atoms with Crippen molar-refractivity contribution in [3.63, 3.8) is 0 Å². The zero-order valence-electron chi connectivity index (χ0n) is 13.8. The van der Waals surface area contributed by atoms with Gasteiger partial charge in [-0.1, -0.05) is 12.1 Å². The number of nitro groups is 1. The Labute approximate surface area is 144 Å². The molecule has 0 saturated carbocycles. The summed E-state index contributed by atoms with van der Waals surface area (Å²) >= 11 is 0. The van der Waals surface area contributed by atoms with E-state index in [9.17, 15) is 14.9 Å². The van der Waals surface area contributed by atoms with Gasteiger partial charge in [0.25, 0.3) is 11.6 Å². The average molecular weight is 342 g/mol. The van der Waals surface area contributed by atoms with Gasteiger partial charge < -0.3 is 14.4 Å². The SMILES string of the molecule is CCOc1ccccc1OCC(=O)N1CCc2cc([N+](=O)[O-])ccc21. The summed E-state index contributed by atoms with van der Waals surface area (Å²) in [5.41, 5.74) is 1.55. The molecule has 2 aromatic rings. The molecule has 130 valence electrons. The Morgan fingerprint density at radius 1 is 1.20 bits per heavy atom. The summed E-state index contributed by atoms with van der Waals surface area (Å²) in [7, 11) is 0. The molecule has 25 heavy (non-hydrogen) atoms. The maximum absolute atomic E-state index is 12.5. The summed E-state index contributed by atoms with van der Waals surface area (Å²) in [5.74, 6) is 0.912. The van der Waals surface area contributed by atoms with E-state index < -0.39 is 4.92 Å². The van der Waals surface area contributed by atoms with E-state index in [-0.39, 0.29) is 18.2 Å². The van der Waals surface area contributed by atoms with Gasteiger partial charge in [-0.05, 0) is 37.1 Å². The number of fused-ring (bicyclic) bond motifs is 1. The van der Waals surface area contributed by atoms with E-state index in [0.29, 0.717) is 36.8 Å². The monoisotopic (exact) mass is 342 g/mol. The van der Waals surface area contributed by atoms with Gasteiger partial charge in [0.2, 0.25) is 0 Å². The number of non-ortho nitro benzene ring substituents is 1. The Bertz CT molecular complexity index is 806. The number of amides is 1. The zero-order valence-corrected chi connectivity index (χ0v) is 13.8. The molecule has 0 spiro atoms. The molecular formula is C18H18N2O5. The van der Waals surface area contributed by atoms with Crippen LogP contribution in [0.2, 0.25) is 0 Å². The quantitative estimate of drug-likeness (QED) is 0.595. The predicted molar refractivity (Wildman–Crippen MR) is 92.3 cm³/mol. The average Bonchev–Trinajstić information content (AvgIpc) is 3.04. The number of anilines is 1. The molecule has 7 nitrogen and oxygen atoms in total. The van der Waals surface area contributed by atoms with Crippen LogP contribution in [0.1, 0.15) is 12.5 Å². The van der Waals surface area contributed by atoms with Crippen molar-refractivity contribution in [3.8, 4) is 11.5 Å². The molecule has 3 rings (SSSR count). The number of carbonyl (C=O) groups excluding carboxylic acids is 1. The summed E-state index contributed by atoms with van der Waals surface area (Å²) < 4.78 is 11.1. The highest BCUT2D eigenvalue weighted by Crippen LogP contribution is 2.32. The number of benzene rings is 2. The Morgan fingerprint density at radius 2 is 1.92 bits per heavy atom. The molecule has 0 aliphatic carbocycles. The second kappa shape index (κ2) is 7.21. The van der Waals surface area contributed by atoms with Crippen LogP contribution in [0.5, 0.6) is 11.5 Å². The van der Waals surface area contributed by atoms with Crippen molar-refractivity contribution in [2.75, 3.05) is 24.7 Å². The van der Waals surface area contributed by atoms with Crippen LogP contribution in [0, 0.1) is 10.1 Å². The van der Waals surface area contributed by atoms with Gasteiger partial charge in [0.15, 0.2) is 18.1 Å². The number of rotatable bonds is 6. The van der Waals surface area contributed by atoms with Crippen molar-refractivity contribution in [1.29, 1.82) is 0 Å². The van der Waals surface area contributed by atoms with Gasteiger partial charge in [0.1, 0.15) is 0 Å². The van der Waals surface area contributed by atoms with E-state index in [1.165, 1.54) is 12.1 Å². The van der Waals surface area contributed by atoms with Crippen LogP contribution in [-0.4, -0.2) is 30.6 Å². The number of hydrogen-bond acceptors (Lipinski definition) is 5. The molecule has 0 bridgehead atoms. The number of nitro benzene ring substituents is 1. The minimum atomic E-state index is -0.432. The second-order valence-electron chi connectivity index (χ2n) is 5.53. The zero-order chi connectivity index (χ0) is 17.8. The summed E-state index contributed by atoms with van der Waals surface area (Å²) in [4.78, 5) is 24.5. The molecule has 1 heterocycles. The van der Waals surface area contributed by atoms with Crippen molar-refractivity contribution < 1.29 is 19.2 Å². The van der Waals surface area contributed by atoms with Gasteiger partial charge in [-0.2, -0.15) is 0 Å². The van der Waals surface area contributed by atoms with Crippen LogP contribution in [-0.2, 0) is 11.2 Å². The fraction of sp³-hybridized carbons (Fsp3) is 0.278. The number of carbonyl (C=O) groups is 1. The van der Waals surface area contributed by atoms with Crippen LogP contribution in [0.25, 0.3) is 0 Å². The van der Waals surface area contributed by atoms with Crippen molar-refractivity contribution in [3.05, 3.63) is 58.1 Å². The van der Waals surface area contributed by atoms with Gasteiger partial charge in [0.05, 0.1) is 11.5 Å². The first kappa shape index (κ1) is 16.8. The van der Waals surface area contributed by atoms with Crippen LogP contribution >= 0.6 is 0 Å². The molecule has 1 amide bonds. The van der Waals surface area contributed by atoms with E-state index in [4.69, 9.17) is 9.47 Å². The molecule has 0 unspecified atom stereocenters. The number of nitrogens with zero attached hydrogens (tertiary/aromatic N) is 2. The summed E-state index contributed by atoms with van der Waals surface area (Å²) in [6.45, 7) is 2.75. The predicted octanol–water partition coefficient (Wildman–Crippen LogP) is 2.96. The fourth-order valence-corrected chi connectivity index (χ4v) is 2.82. The van der Waals surface area contributed by atoms with Crippen LogP contribution in [0.15, 0.2) is 42.5 Å². The molecule has 1 aliphatic heterocycles. The normalized spacial score (nSPS) is 12.6. The number of para-hydroxylation sites is 2. The highest BCUT2D eigenvalue weighted by atomic mass is 16.6. The van der Waals surface area contributed by atoms with Crippen LogP contribution < -0.4 is 14.4 Å². The third-order valence-electron chi connectivity index (χ3n) is 3.97. The topological polar surface area (TPSA) is 81.9 Å². The molecule has 0 aromatic heterocycles. The molecule has 1 aliphatic rings. The summed E-state index contributed by atoms with van der Waals surface area (Å²) in [6, 6.07) is 11.7. The van der Waals surface area contributed by atoms with Gasteiger partial charge in [0, 0.05) is 24.4 Å². The van der Waals surface area contributed by atoms with Crippen molar-refractivity contribution in [2.45, 2.75) is 13.3 Å². The molecule has 2 aromatic carbocycles. The van der Waals surface area contributed by atoms with E-state index in [2.05, 4.69) is 0 Å². The van der Waals surface area contributed by atoms with E-state index >= 15 is 0 Å². The third kappa shape index (κ3) is 3.55.